The molecule has 1 N–H and O–H groups in total. The number of nitrogens with zero attached hydrogens (tertiary/aromatic N) is 1. The van der Waals surface area contributed by atoms with E-state index in [2.05, 4.69) is 23.3 Å². The summed E-state index contributed by atoms with van der Waals surface area (Å²) in [6.45, 7) is 4.22. The number of hydrogen-bond donors (Lipinski definition) is 1. The predicted octanol–water partition coefficient (Wildman–Crippen LogP) is 2.82. The quantitative estimate of drug-likeness (QED) is 0.758. The minimum absolute atomic E-state index is 0.592. The normalized spacial score (nSPS) is 10.4. The van der Waals surface area contributed by atoms with Crippen LogP contribution in [0.1, 0.15) is 18.2 Å². The van der Waals surface area contributed by atoms with E-state index in [1.54, 1.807) is 13.3 Å². The van der Waals surface area contributed by atoms with E-state index in [1.807, 2.05) is 30.3 Å². The number of hydrogen-bond acceptors (Lipinski definition) is 4. The van der Waals surface area contributed by atoms with E-state index < -0.39 is 0 Å². The number of aromatic nitrogens is 1. The van der Waals surface area contributed by atoms with Gasteiger partial charge in [0.05, 0.1) is 12.8 Å². The van der Waals surface area contributed by atoms with Gasteiger partial charge in [0.15, 0.2) is 11.5 Å². The number of aryl methyl sites for hydroxylation is 1. The summed E-state index contributed by atoms with van der Waals surface area (Å²) < 4.78 is 11.1. The highest BCUT2D eigenvalue weighted by atomic mass is 16.5. The minimum Gasteiger partial charge on any atom is -0.493 e. The second-order valence-corrected chi connectivity index (χ2v) is 4.69. The molecule has 0 fully saturated rings. The van der Waals surface area contributed by atoms with Crippen LogP contribution in [0.25, 0.3) is 0 Å². The molecule has 0 amide bonds. The molecule has 1 heterocycles. The predicted molar refractivity (Wildman–Crippen MR) is 83.8 cm³/mol. The van der Waals surface area contributed by atoms with Gasteiger partial charge in [-0.1, -0.05) is 19.1 Å². The molecule has 0 aliphatic rings. The maximum absolute atomic E-state index is 5.76. The highest BCUT2D eigenvalue weighted by molar-refractivity contribution is 5.42. The maximum atomic E-state index is 5.76. The largest absolute Gasteiger partial charge is 0.493 e. The van der Waals surface area contributed by atoms with E-state index in [0.29, 0.717) is 6.61 Å². The molecule has 4 heteroatoms. The van der Waals surface area contributed by atoms with Gasteiger partial charge in [0.25, 0.3) is 0 Å². The fourth-order valence-corrected chi connectivity index (χ4v) is 2.00. The standard InChI is InChI=1S/C17H22N2O2/c1-3-14-7-8-16(17(12-14)20-2)21-11-10-18-13-15-6-4-5-9-19-15/h4-9,12,18H,3,10-11,13H2,1-2H3. The third-order valence-electron chi connectivity index (χ3n) is 3.20. The summed E-state index contributed by atoms with van der Waals surface area (Å²) in [5, 5.41) is 3.30. The Kier molecular flexibility index (Phi) is 6.03. The van der Waals surface area contributed by atoms with Crippen LogP contribution in [-0.4, -0.2) is 25.2 Å². The van der Waals surface area contributed by atoms with Gasteiger partial charge >= 0.3 is 0 Å². The molecule has 0 saturated heterocycles. The molecule has 2 aromatic rings. The second-order valence-electron chi connectivity index (χ2n) is 4.69. The molecule has 0 bridgehead atoms. The Morgan fingerprint density at radius 1 is 1.14 bits per heavy atom. The zero-order chi connectivity index (χ0) is 14.9. The summed E-state index contributed by atoms with van der Waals surface area (Å²) in [6.07, 6.45) is 2.79. The fourth-order valence-electron chi connectivity index (χ4n) is 2.00. The first-order valence-electron chi connectivity index (χ1n) is 7.24. The fraction of sp³-hybridized carbons (Fsp3) is 0.353. The molecule has 0 atom stereocenters. The lowest BCUT2D eigenvalue weighted by molar-refractivity contribution is 0.291. The van der Waals surface area contributed by atoms with Crippen LogP contribution in [0.4, 0.5) is 0 Å². The van der Waals surface area contributed by atoms with Gasteiger partial charge in [-0.25, -0.2) is 0 Å². The topological polar surface area (TPSA) is 43.4 Å². The summed E-state index contributed by atoms with van der Waals surface area (Å²) >= 11 is 0. The van der Waals surface area contributed by atoms with Gasteiger partial charge in [-0.15, -0.1) is 0 Å². The SMILES string of the molecule is CCc1ccc(OCCNCc2ccccn2)c(OC)c1. The molecule has 0 aliphatic carbocycles. The number of rotatable bonds is 8. The van der Waals surface area contributed by atoms with Crippen molar-refractivity contribution in [2.75, 3.05) is 20.3 Å². The van der Waals surface area contributed by atoms with Gasteiger partial charge in [-0.2, -0.15) is 0 Å². The van der Waals surface area contributed by atoms with Crippen molar-refractivity contribution in [3.8, 4) is 11.5 Å². The smallest absolute Gasteiger partial charge is 0.161 e. The number of nitrogens with one attached hydrogen (secondary N) is 1. The maximum Gasteiger partial charge on any atom is 0.161 e. The molecule has 2 rings (SSSR count). The van der Waals surface area contributed by atoms with Gasteiger partial charge in [0, 0.05) is 19.3 Å². The van der Waals surface area contributed by atoms with Gasteiger partial charge in [0.2, 0.25) is 0 Å². The second kappa shape index (κ2) is 8.27. The van der Waals surface area contributed by atoms with Gasteiger partial charge in [-0.05, 0) is 36.2 Å². The summed E-state index contributed by atoms with van der Waals surface area (Å²) in [7, 11) is 1.67. The molecule has 0 unspecified atom stereocenters. The summed E-state index contributed by atoms with van der Waals surface area (Å²) in [5.41, 5.74) is 2.27. The Labute approximate surface area is 126 Å². The lowest BCUT2D eigenvalue weighted by Crippen LogP contribution is -2.21. The molecule has 0 saturated carbocycles. The first kappa shape index (κ1) is 15.3. The molecule has 0 aliphatic heterocycles. The van der Waals surface area contributed by atoms with Crippen molar-refractivity contribution < 1.29 is 9.47 Å². The third kappa shape index (κ3) is 4.76. The zero-order valence-corrected chi connectivity index (χ0v) is 12.6. The molecule has 0 radical (unpaired) electrons. The van der Waals surface area contributed by atoms with E-state index >= 15 is 0 Å². The lowest BCUT2D eigenvalue weighted by atomic mass is 10.1. The minimum atomic E-state index is 0.592. The van der Waals surface area contributed by atoms with Gasteiger partial charge in [0.1, 0.15) is 6.61 Å². The number of methoxy groups -OCH3 is 1. The van der Waals surface area contributed by atoms with E-state index in [4.69, 9.17) is 9.47 Å². The van der Waals surface area contributed by atoms with E-state index in [0.717, 1.165) is 36.7 Å². The van der Waals surface area contributed by atoms with Crippen molar-refractivity contribution in [1.29, 1.82) is 0 Å². The molecular formula is C17H22N2O2. The van der Waals surface area contributed by atoms with Crippen LogP contribution < -0.4 is 14.8 Å². The van der Waals surface area contributed by atoms with Crippen molar-refractivity contribution >= 4 is 0 Å². The average Bonchev–Trinajstić information content (AvgIpc) is 2.55. The Morgan fingerprint density at radius 2 is 2.05 bits per heavy atom. The number of ether oxygens (including phenoxy) is 2. The first-order chi connectivity index (χ1) is 10.3. The van der Waals surface area contributed by atoms with Gasteiger partial charge in [-0.3, -0.25) is 4.98 Å². The van der Waals surface area contributed by atoms with Crippen molar-refractivity contribution in [2.45, 2.75) is 19.9 Å². The summed E-state index contributed by atoms with van der Waals surface area (Å²) in [4.78, 5) is 4.26. The van der Waals surface area contributed by atoms with Crippen LogP contribution in [0.2, 0.25) is 0 Å². The first-order valence-corrected chi connectivity index (χ1v) is 7.24. The highest BCUT2D eigenvalue weighted by Crippen LogP contribution is 2.28. The lowest BCUT2D eigenvalue weighted by Gasteiger charge is -2.12. The van der Waals surface area contributed by atoms with Crippen LogP contribution in [0, 0.1) is 0 Å². The molecule has 21 heavy (non-hydrogen) atoms. The van der Waals surface area contributed by atoms with Crippen molar-refractivity contribution in [3.05, 3.63) is 53.9 Å². The Balaban J connectivity index is 1.76. The Morgan fingerprint density at radius 3 is 2.76 bits per heavy atom. The Hall–Kier alpha value is -2.07. The molecular weight excluding hydrogens is 264 g/mol. The molecule has 4 nitrogen and oxygen atoms in total. The number of pyridine rings is 1. The average molecular weight is 286 g/mol. The van der Waals surface area contributed by atoms with Gasteiger partial charge < -0.3 is 14.8 Å². The monoisotopic (exact) mass is 286 g/mol. The van der Waals surface area contributed by atoms with E-state index in [9.17, 15) is 0 Å². The molecule has 1 aromatic carbocycles. The highest BCUT2D eigenvalue weighted by Gasteiger charge is 2.04. The Bertz CT molecular complexity index is 544. The number of benzene rings is 1. The van der Waals surface area contributed by atoms with Crippen molar-refractivity contribution in [1.82, 2.24) is 10.3 Å². The zero-order valence-electron chi connectivity index (χ0n) is 12.6. The van der Waals surface area contributed by atoms with E-state index in [-0.39, 0.29) is 0 Å². The van der Waals surface area contributed by atoms with Crippen LogP contribution in [0.3, 0.4) is 0 Å². The van der Waals surface area contributed by atoms with E-state index in [1.165, 1.54) is 5.56 Å². The van der Waals surface area contributed by atoms with Crippen LogP contribution >= 0.6 is 0 Å². The molecule has 0 spiro atoms. The third-order valence-corrected chi connectivity index (χ3v) is 3.20. The van der Waals surface area contributed by atoms with Crippen molar-refractivity contribution in [3.63, 3.8) is 0 Å². The van der Waals surface area contributed by atoms with Crippen molar-refractivity contribution in [2.24, 2.45) is 0 Å². The van der Waals surface area contributed by atoms with Crippen LogP contribution in [-0.2, 0) is 13.0 Å². The van der Waals surface area contributed by atoms with Crippen LogP contribution in [0.5, 0.6) is 11.5 Å². The van der Waals surface area contributed by atoms with Crippen LogP contribution in [0.15, 0.2) is 42.6 Å². The summed E-state index contributed by atoms with van der Waals surface area (Å²) in [5.74, 6) is 1.58. The molecule has 1 aromatic heterocycles. The summed E-state index contributed by atoms with van der Waals surface area (Å²) in [6, 6.07) is 12.0. The molecule has 112 valence electrons.